The van der Waals surface area contributed by atoms with Crippen molar-refractivity contribution in [2.75, 3.05) is 0 Å². The van der Waals surface area contributed by atoms with Crippen LogP contribution in [0.5, 0.6) is 0 Å². The average Bonchev–Trinajstić information content (AvgIpc) is 1.52. The van der Waals surface area contributed by atoms with Gasteiger partial charge in [0.15, 0.2) is 15.5 Å². The van der Waals surface area contributed by atoms with Crippen LogP contribution in [0.15, 0.2) is 398 Å². The molecule has 16 aromatic carbocycles. The lowest BCUT2D eigenvalue weighted by molar-refractivity contribution is 0.727. The molecule has 26 rings (SSSR count). The van der Waals surface area contributed by atoms with E-state index < -0.39 is 9.49 Å². The van der Waals surface area contributed by atoms with Crippen LogP contribution < -0.4 is 0 Å². The van der Waals surface area contributed by atoms with Crippen molar-refractivity contribution >= 4 is 134 Å². The van der Waals surface area contributed by atoms with Crippen molar-refractivity contribution in [2.45, 2.75) is 43.6 Å². The fourth-order valence-corrected chi connectivity index (χ4v) is 23.5. The average molecular weight is 1540 g/mol. The number of rotatable bonds is 5. The van der Waals surface area contributed by atoms with Gasteiger partial charge < -0.3 is 13.7 Å². The second kappa shape index (κ2) is 25.7. The molecule has 1 aliphatic carbocycles. The van der Waals surface area contributed by atoms with Gasteiger partial charge in [0.25, 0.3) is 0 Å². The van der Waals surface area contributed by atoms with Crippen LogP contribution in [0.3, 0.4) is 0 Å². The third-order valence-corrected chi connectivity index (χ3v) is 28.3. The highest BCUT2D eigenvalue weighted by Crippen LogP contribution is 2.65. The van der Waals surface area contributed by atoms with E-state index in [9.17, 15) is 0 Å². The first kappa shape index (κ1) is 66.9. The second-order valence-electron chi connectivity index (χ2n) is 30.9. The summed E-state index contributed by atoms with van der Waals surface area (Å²) in [5.41, 5.74) is 32.5. The molecule has 0 saturated heterocycles. The largest absolute Gasteiger partial charge is 0.309 e. The Balaban J connectivity index is 0.000000101. The summed E-state index contributed by atoms with van der Waals surface area (Å²) < 4.78 is 13.3. The van der Waals surface area contributed by atoms with Crippen LogP contribution in [-0.4, -0.2) is 42.4 Å². The van der Waals surface area contributed by atoms with Crippen molar-refractivity contribution in [3.05, 3.63) is 421 Å². The first-order valence-electron chi connectivity index (χ1n) is 39.5. The maximum absolute atomic E-state index is 5.19. The highest BCUT2D eigenvalue weighted by Gasteiger charge is 2.51. The number of para-hydroxylation sites is 12. The maximum atomic E-state index is 5.19. The quantitative estimate of drug-likeness (QED) is 0.171. The number of imidazole rings is 3. The zero-order chi connectivity index (χ0) is 76.5. The standard InChI is InChI=1S/C38H23N3S.C38H25N3S.C28H21N3S/c1-5-15-29-25(11-1)26-12-2-6-16-30(26)38(29)31-23-24(40-33-18-8-3-13-27(33)28-14-4-9-19-34(28)40)21-22-35(31)41-36-20-10-7-17-32(36)39-37(41)42-38;1-3-13-26(14-4-1)38(27-15-5-2-6-16-27)31-25-28(40-33-20-10-7-17-29(33)30-18-8-11-21-34(30)40)23-24-35(31)41-36-22-12-9-19-32(36)39-37(41)42-38;1-28(2)21-17-18(30-23-12-6-3-9-19(23)20-10-4-7-13-24(20)30)15-16-25(21)31-26-14-8-5-11-22(26)29-27(31)32-28/h1-23H;1-25H;3-17H,1-2H3. The SMILES string of the molecule is CC1(C)Sc2nc3ccccc3n2-c2ccc(-n3c4ccccc4c4ccccc43)cc21.c1ccc(C2(c3ccccc3)Sc3nc4ccccc4n3-c3ccc(-n4c5ccccc5c5ccccc54)cc32)cc1.c1ccc2c(c1)-c1ccccc1C21Sc2nc3ccccc3n2-c2ccc(-n3c4ccccc4c4ccccc43)cc21. The molecule has 9 nitrogen and oxygen atoms in total. The molecule has 1 spiro atoms. The lowest BCUT2D eigenvalue weighted by Crippen LogP contribution is -2.31. The van der Waals surface area contributed by atoms with Gasteiger partial charge in [-0.1, -0.05) is 290 Å². The minimum atomic E-state index is -0.496. The highest BCUT2D eigenvalue weighted by molar-refractivity contribution is 8.01. The van der Waals surface area contributed by atoms with E-state index in [2.05, 4.69) is 423 Å². The van der Waals surface area contributed by atoms with Crippen molar-refractivity contribution in [2.24, 2.45) is 0 Å². The molecule has 548 valence electrons. The van der Waals surface area contributed by atoms with Crippen LogP contribution in [0.4, 0.5) is 0 Å². The number of nitrogens with zero attached hydrogens (tertiary/aromatic N) is 9. The van der Waals surface area contributed by atoms with Gasteiger partial charge in [-0.05, 0) is 180 Å². The molecule has 116 heavy (non-hydrogen) atoms. The molecule has 6 aromatic heterocycles. The van der Waals surface area contributed by atoms with E-state index in [1.165, 1.54) is 138 Å². The van der Waals surface area contributed by atoms with Gasteiger partial charge in [-0.15, -0.1) is 0 Å². The fourth-order valence-electron chi connectivity index (χ4n) is 19.3. The molecular formula is C104H69N9S3. The molecule has 9 heterocycles. The van der Waals surface area contributed by atoms with Gasteiger partial charge >= 0.3 is 0 Å². The van der Waals surface area contributed by atoms with Gasteiger partial charge in [0, 0.05) is 65.3 Å². The topological polar surface area (TPSA) is 68.2 Å². The lowest BCUT2D eigenvalue weighted by Gasteiger charge is -2.40. The van der Waals surface area contributed by atoms with Gasteiger partial charge in [0.1, 0.15) is 9.49 Å². The molecule has 0 atom stereocenters. The summed E-state index contributed by atoms with van der Waals surface area (Å²) in [4.78, 5) is 15.3. The Bertz CT molecular complexity index is 7340. The molecule has 0 radical (unpaired) electrons. The predicted octanol–water partition coefficient (Wildman–Crippen LogP) is 26.5. The molecule has 0 N–H and O–H groups in total. The zero-order valence-corrected chi connectivity index (χ0v) is 65.6. The Morgan fingerprint density at radius 1 is 0.216 bits per heavy atom. The van der Waals surface area contributed by atoms with Crippen LogP contribution in [0.25, 0.3) is 144 Å². The van der Waals surface area contributed by atoms with E-state index in [4.69, 9.17) is 15.0 Å². The van der Waals surface area contributed by atoms with E-state index in [1.54, 1.807) is 0 Å². The summed E-state index contributed by atoms with van der Waals surface area (Å²) >= 11 is 5.55. The van der Waals surface area contributed by atoms with Gasteiger partial charge in [-0.2, -0.15) is 0 Å². The molecule has 12 heteroatoms. The summed E-state index contributed by atoms with van der Waals surface area (Å²) in [5.74, 6) is 0. The number of fused-ring (bicyclic) bond motifs is 30. The monoisotopic (exact) mass is 1540 g/mol. The molecule has 0 saturated carbocycles. The van der Waals surface area contributed by atoms with Gasteiger partial charge in [-0.3, -0.25) is 13.7 Å². The summed E-state index contributed by atoms with van der Waals surface area (Å²) in [6, 6.07) is 138. The van der Waals surface area contributed by atoms with Crippen molar-refractivity contribution in [3.8, 4) is 45.3 Å². The smallest absolute Gasteiger partial charge is 0.175 e. The number of hydrogen-bond donors (Lipinski definition) is 0. The van der Waals surface area contributed by atoms with Crippen molar-refractivity contribution in [3.63, 3.8) is 0 Å². The number of benzene rings is 16. The van der Waals surface area contributed by atoms with Gasteiger partial charge in [-0.25, -0.2) is 15.0 Å². The third-order valence-electron chi connectivity index (χ3n) is 24.3. The van der Waals surface area contributed by atoms with Crippen LogP contribution in [0.1, 0.15) is 52.8 Å². The van der Waals surface area contributed by atoms with Crippen LogP contribution in [0.2, 0.25) is 0 Å². The van der Waals surface area contributed by atoms with E-state index in [1.807, 2.05) is 35.3 Å². The third kappa shape index (κ3) is 9.72. The summed E-state index contributed by atoms with van der Waals surface area (Å²) in [6.45, 7) is 4.60. The van der Waals surface area contributed by atoms with Crippen molar-refractivity contribution < 1.29 is 0 Å². The van der Waals surface area contributed by atoms with Crippen molar-refractivity contribution in [1.29, 1.82) is 0 Å². The molecular weight excluding hydrogens is 1470 g/mol. The predicted molar refractivity (Wildman–Crippen MR) is 481 cm³/mol. The maximum Gasteiger partial charge on any atom is 0.175 e. The molecule has 3 aliphatic heterocycles. The van der Waals surface area contributed by atoms with Crippen LogP contribution >= 0.6 is 35.3 Å². The molecule has 22 aromatic rings. The Labute approximate surface area is 681 Å². The van der Waals surface area contributed by atoms with Crippen molar-refractivity contribution in [1.82, 2.24) is 42.4 Å². The highest BCUT2D eigenvalue weighted by atomic mass is 32.2. The molecule has 0 fully saturated rings. The number of thioether (sulfide) groups is 3. The van der Waals surface area contributed by atoms with E-state index in [0.29, 0.717) is 0 Å². The minimum Gasteiger partial charge on any atom is -0.309 e. The second-order valence-corrected chi connectivity index (χ2v) is 34.8. The normalized spacial score (nSPS) is 14.2. The molecule has 4 aliphatic rings. The van der Waals surface area contributed by atoms with E-state index in [-0.39, 0.29) is 4.75 Å². The van der Waals surface area contributed by atoms with Gasteiger partial charge in [0.2, 0.25) is 0 Å². The number of aromatic nitrogens is 9. The number of hydrogen-bond acceptors (Lipinski definition) is 6. The summed E-state index contributed by atoms with van der Waals surface area (Å²) in [7, 11) is 0. The van der Waals surface area contributed by atoms with Gasteiger partial charge in [0.05, 0.1) is 83.3 Å². The summed E-state index contributed by atoms with van der Waals surface area (Å²) in [5, 5.41) is 10.7. The Morgan fingerprint density at radius 2 is 0.483 bits per heavy atom. The zero-order valence-electron chi connectivity index (χ0n) is 63.1. The molecule has 0 amide bonds. The molecule has 0 bridgehead atoms. The minimum absolute atomic E-state index is 0.0819. The molecule has 0 unspecified atom stereocenters. The van der Waals surface area contributed by atoms with Crippen LogP contribution in [0, 0.1) is 0 Å². The Hall–Kier alpha value is -13.6. The lowest BCUT2D eigenvalue weighted by atomic mass is 9.82. The Morgan fingerprint density at radius 3 is 0.845 bits per heavy atom. The Kier molecular flexibility index (Phi) is 14.8. The first-order chi connectivity index (χ1) is 57.3. The van der Waals surface area contributed by atoms with Crippen LogP contribution in [-0.2, 0) is 14.2 Å². The van der Waals surface area contributed by atoms with E-state index in [0.717, 1.165) is 59.9 Å². The fraction of sp³-hybridized carbons (Fsp3) is 0.0481. The summed E-state index contributed by atoms with van der Waals surface area (Å²) in [6.07, 6.45) is 0. The van der Waals surface area contributed by atoms with E-state index >= 15 is 0 Å². The first-order valence-corrected chi connectivity index (χ1v) is 41.9.